The van der Waals surface area contributed by atoms with Crippen molar-refractivity contribution in [1.82, 2.24) is 9.88 Å². The second kappa shape index (κ2) is 10.2. The van der Waals surface area contributed by atoms with Crippen molar-refractivity contribution in [2.24, 2.45) is 5.92 Å². The zero-order chi connectivity index (χ0) is 19.8. The third-order valence-corrected chi connectivity index (χ3v) is 5.07. The number of esters is 1. The Morgan fingerprint density at radius 2 is 1.89 bits per heavy atom. The van der Waals surface area contributed by atoms with E-state index >= 15 is 0 Å². The first kappa shape index (κ1) is 21.1. The van der Waals surface area contributed by atoms with Gasteiger partial charge in [-0.15, -0.1) is 11.3 Å². The minimum atomic E-state index is -0.421. The van der Waals surface area contributed by atoms with E-state index in [1.807, 2.05) is 29.2 Å². The van der Waals surface area contributed by atoms with Gasteiger partial charge < -0.3 is 9.64 Å². The fourth-order valence-corrected chi connectivity index (χ4v) is 3.36. The molecule has 1 amide bonds. The lowest BCUT2D eigenvalue weighted by Gasteiger charge is -2.23. The van der Waals surface area contributed by atoms with Gasteiger partial charge in [0.2, 0.25) is 0 Å². The topological polar surface area (TPSA) is 59.5 Å². The first-order valence-corrected chi connectivity index (χ1v) is 10.3. The number of aromatic nitrogens is 1. The van der Waals surface area contributed by atoms with Crippen molar-refractivity contribution in [1.29, 1.82) is 0 Å². The fraction of sp³-hybridized carbons (Fsp3) is 0.476. The summed E-state index contributed by atoms with van der Waals surface area (Å²) < 4.78 is 4.99. The van der Waals surface area contributed by atoms with Crippen LogP contribution in [0.25, 0.3) is 0 Å². The standard InChI is InChI=1S/C21H28N2O3S/c1-5-16-7-9-17(10-8-16)20(24)23(12-11-15(3)4)13-19-22-18(14-27-19)21(25)26-6-2/h7-10,14-15H,5-6,11-13H2,1-4H3. The molecule has 0 saturated heterocycles. The number of hydrogen-bond donors (Lipinski definition) is 0. The zero-order valence-corrected chi connectivity index (χ0v) is 17.3. The summed E-state index contributed by atoms with van der Waals surface area (Å²) in [4.78, 5) is 31.0. The van der Waals surface area contributed by atoms with E-state index in [2.05, 4.69) is 25.8 Å². The van der Waals surface area contributed by atoms with E-state index in [-0.39, 0.29) is 5.91 Å². The number of hydrogen-bond acceptors (Lipinski definition) is 5. The predicted octanol–water partition coefficient (Wildman–Crippen LogP) is 4.57. The van der Waals surface area contributed by atoms with Crippen LogP contribution in [0.1, 0.15) is 65.5 Å². The molecule has 0 saturated carbocycles. The molecule has 0 unspecified atom stereocenters. The smallest absolute Gasteiger partial charge is 0.357 e. The van der Waals surface area contributed by atoms with Crippen molar-refractivity contribution in [2.45, 2.75) is 47.1 Å². The van der Waals surface area contributed by atoms with Gasteiger partial charge in [0.25, 0.3) is 5.91 Å². The molecule has 0 aliphatic heterocycles. The second-order valence-corrected chi connectivity index (χ2v) is 7.75. The van der Waals surface area contributed by atoms with Crippen LogP contribution in [0, 0.1) is 5.92 Å². The van der Waals surface area contributed by atoms with Crippen LogP contribution in [0.4, 0.5) is 0 Å². The second-order valence-electron chi connectivity index (χ2n) is 6.81. The highest BCUT2D eigenvalue weighted by molar-refractivity contribution is 7.09. The van der Waals surface area contributed by atoms with Crippen molar-refractivity contribution in [3.05, 3.63) is 51.5 Å². The summed E-state index contributed by atoms with van der Waals surface area (Å²) in [5.74, 6) is 0.0653. The molecule has 0 spiro atoms. The van der Waals surface area contributed by atoms with E-state index in [0.717, 1.165) is 17.8 Å². The summed E-state index contributed by atoms with van der Waals surface area (Å²) in [7, 11) is 0. The van der Waals surface area contributed by atoms with Crippen LogP contribution in [0.15, 0.2) is 29.6 Å². The van der Waals surface area contributed by atoms with Gasteiger partial charge in [-0.25, -0.2) is 9.78 Å². The quantitative estimate of drug-likeness (QED) is 0.590. The Hall–Kier alpha value is -2.21. The van der Waals surface area contributed by atoms with Crippen LogP contribution in [0.2, 0.25) is 0 Å². The van der Waals surface area contributed by atoms with E-state index < -0.39 is 5.97 Å². The number of rotatable bonds is 9. The number of amides is 1. The molecule has 2 rings (SSSR count). The molecular weight excluding hydrogens is 360 g/mol. The molecule has 146 valence electrons. The Morgan fingerprint density at radius 1 is 1.19 bits per heavy atom. The highest BCUT2D eigenvalue weighted by Crippen LogP contribution is 2.17. The van der Waals surface area contributed by atoms with Gasteiger partial charge in [-0.05, 0) is 43.4 Å². The average Bonchev–Trinajstić information content (AvgIpc) is 3.13. The molecule has 6 heteroatoms. The minimum Gasteiger partial charge on any atom is -0.461 e. The normalized spacial score (nSPS) is 10.9. The van der Waals surface area contributed by atoms with E-state index in [9.17, 15) is 9.59 Å². The number of thiazole rings is 1. The summed E-state index contributed by atoms with van der Waals surface area (Å²) >= 11 is 1.38. The van der Waals surface area contributed by atoms with E-state index in [0.29, 0.717) is 36.9 Å². The number of ether oxygens (including phenoxy) is 1. The molecule has 0 fully saturated rings. The molecule has 0 aliphatic rings. The van der Waals surface area contributed by atoms with Crippen LogP contribution >= 0.6 is 11.3 Å². The third-order valence-electron chi connectivity index (χ3n) is 4.24. The van der Waals surface area contributed by atoms with E-state index in [4.69, 9.17) is 4.74 Å². The van der Waals surface area contributed by atoms with Gasteiger partial charge in [-0.1, -0.05) is 32.9 Å². The summed E-state index contributed by atoms with van der Waals surface area (Å²) in [5.41, 5.74) is 2.19. The molecule has 1 aromatic carbocycles. The first-order valence-electron chi connectivity index (χ1n) is 9.44. The summed E-state index contributed by atoms with van der Waals surface area (Å²) in [6, 6.07) is 7.76. The summed E-state index contributed by atoms with van der Waals surface area (Å²) in [6.45, 7) is 9.50. The molecular formula is C21H28N2O3S. The summed E-state index contributed by atoms with van der Waals surface area (Å²) in [5, 5.41) is 2.43. The predicted molar refractivity (Wildman–Crippen MR) is 108 cm³/mol. The molecule has 27 heavy (non-hydrogen) atoms. The molecule has 0 bridgehead atoms. The van der Waals surface area contributed by atoms with Gasteiger partial charge in [0, 0.05) is 17.5 Å². The van der Waals surface area contributed by atoms with E-state index in [1.165, 1.54) is 16.9 Å². The third kappa shape index (κ3) is 6.17. The maximum Gasteiger partial charge on any atom is 0.357 e. The monoisotopic (exact) mass is 388 g/mol. The van der Waals surface area contributed by atoms with Crippen LogP contribution in [-0.2, 0) is 17.7 Å². The van der Waals surface area contributed by atoms with Crippen LogP contribution in [-0.4, -0.2) is 34.9 Å². The Labute approximate surface area is 165 Å². The molecule has 0 aliphatic carbocycles. The molecule has 1 aromatic heterocycles. The Morgan fingerprint density at radius 3 is 2.48 bits per heavy atom. The Balaban J connectivity index is 2.15. The molecule has 0 N–H and O–H groups in total. The zero-order valence-electron chi connectivity index (χ0n) is 16.5. The molecule has 5 nitrogen and oxygen atoms in total. The largest absolute Gasteiger partial charge is 0.461 e. The van der Waals surface area contributed by atoms with Crippen LogP contribution in [0.3, 0.4) is 0 Å². The lowest BCUT2D eigenvalue weighted by atomic mass is 10.1. The molecule has 1 heterocycles. The van der Waals surface area contributed by atoms with Gasteiger partial charge >= 0.3 is 5.97 Å². The average molecular weight is 389 g/mol. The van der Waals surface area contributed by atoms with Crippen molar-refractivity contribution >= 4 is 23.2 Å². The first-order chi connectivity index (χ1) is 12.9. The fourth-order valence-electron chi connectivity index (χ4n) is 2.58. The van der Waals surface area contributed by atoms with Crippen molar-refractivity contribution < 1.29 is 14.3 Å². The number of aryl methyl sites for hydroxylation is 1. The van der Waals surface area contributed by atoms with Crippen molar-refractivity contribution in [2.75, 3.05) is 13.2 Å². The van der Waals surface area contributed by atoms with Gasteiger partial charge in [-0.3, -0.25) is 4.79 Å². The number of nitrogens with zero attached hydrogens (tertiary/aromatic N) is 2. The van der Waals surface area contributed by atoms with Gasteiger partial charge in [0.15, 0.2) is 5.69 Å². The van der Waals surface area contributed by atoms with Crippen LogP contribution in [0.5, 0.6) is 0 Å². The molecule has 0 atom stereocenters. The van der Waals surface area contributed by atoms with Gasteiger partial charge in [-0.2, -0.15) is 0 Å². The van der Waals surface area contributed by atoms with Crippen molar-refractivity contribution in [3.63, 3.8) is 0 Å². The van der Waals surface area contributed by atoms with Gasteiger partial charge in [0.1, 0.15) is 5.01 Å². The lowest BCUT2D eigenvalue weighted by Crippen LogP contribution is -2.32. The lowest BCUT2D eigenvalue weighted by molar-refractivity contribution is 0.0520. The van der Waals surface area contributed by atoms with Gasteiger partial charge in [0.05, 0.1) is 13.2 Å². The van der Waals surface area contributed by atoms with E-state index in [1.54, 1.807) is 12.3 Å². The molecule has 0 radical (unpaired) electrons. The minimum absolute atomic E-state index is 0.00816. The highest BCUT2D eigenvalue weighted by Gasteiger charge is 2.19. The highest BCUT2D eigenvalue weighted by atomic mass is 32.1. The number of carbonyl (C=O) groups is 2. The SMILES string of the molecule is CCOC(=O)c1csc(CN(CCC(C)C)C(=O)c2ccc(CC)cc2)n1. The summed E-state index contributed by atoms with van der Waals surface area (Å²) in [6.07, 6.45) is 1.86. The Bertz CT molecular complexity index is 753. The number of benzene rings is 1. The molecule has 2 aromatic rings. The maximum absolute atomic E-state index is 13.0. The number of carbonyl (C=O) groups excluding carboxylic acids is 2. The van der Waals surface area contributed by atoms with Crippen LogP contribution < -0.4 is 0 Å². The van der Waals surface area contributed by atoms with Crippen molar-refractivity contribution in [3.8, 4) is 0 Å². The Kier molecular flexibility index (Phi) is 7.98. The maximum atomic E-state index is 13.0.